The number of carbonyl (C=O) groups excluding carboxylic acids is 1. The number of H-pyrrole nitrogens is 1. The normalized spacial score (nSPS) is 19.4. The number of nitrogens with zero attached hydrogens (tertiary/aromatic N) is 5. The first kappa shape index (κ1) is 23.0. The summed E-state index contributed by atoms with van der Waals surface area (Å²) in [4.78, 5) is 29.8. The van der Waals surface area contributed by atoms with Gasteiger partial charge in [-0.05, 0) is 63.0 Å². The number of carbonyl (C=O) groups is 1. The van der Waals surface area contributed by atoms with E-state index in [-0.39, 0.29) is 0 Å². The molecule has 2 aliphatic rings. The highest BCUT2D eigenvalue weighted by atomic mass is 16.1. The van der Waals surface area contributed by atoms with Gasteiger partial charge in [-0.25, -0.2) is 9.97 Å². The van der Waals surface area contributed by atoms with Gasteiger partial charge in [-0.15, -0.1) is 0 Å². The lowest BCUT2D eigenvalue weighted by Gasteiger charge is -2.29. The summed E-state index contributed by atoms with van der Waals surface area (Å²) in [5.74, 6) is -0.445. The van der Waals surface area contributed by atoms with Crippen LogP contribution in [0, 0.1) is 0 Å². The largest absolute Gasteiger partial charge is 0.372 e. The second-order valence-electron chi connectivity index (χ2n) is 10.6. The summed E-state index contributed by atoms with van der Waals surface area (Å²) < 4.78 is 2.36. The van der Waals surface area contributed by atoms with Crippen LogP contribution in [-0.4, -0.2) is 63.6 Å². The van der Waals surface area contributed by atoms with Crippen molar-refractivity contribution in [3.05, 3.63) is 42.5 Å². The van der Waals surface area contributed by atoms with Crippen LogP contribution in [0.4, 0.5) is 5.69 Å². The second kappa shape index (κ2) is 9.24. The minimum Gasteiger partial charge on any atom is -0.372 e. The summed E-state index contributed by atoms with van der Waals surface area (Å²) in [5.41, 5.74) is 12.9. The van der Waals surface area contributed by atoms with Crippen molar-refractivity contribution in [3.63, 3.8) is 0 Å². The van der Waals surface area contributed by atoms with Gasteiger partial charge in [0, 0.05) is 31.2 Å². The predicted octanol–water partition coefficient (Wildman–Crippen LogP) is 4.71. The van der Waals surface area contributed by atoms with Gasteiger partial charge in [0.2, 0.25) is 0 Å². The number of nitrogens with one attached hydrogen (secondary N) is 1. The quantitative estimate of drug-likeness (QED) is 0.412. The highest BCUT2D eigenvalue weighted by molar-refractivity contribution is 6.13. The van der Waals surface area contributed by atoms with Crippen LogP contribution in [-0.2, 0) is 0 Å². The lowest BCUT2D eigenvalue weighted by Crippen LogP contribution is -2.37. The molecule has 1 saturated carbocycles. The molecule has 2 fully saturated rings. The molecule has 0 radical (unpaired) electrons. The minimum atomic E-state index is -0.445. The molecule has 1 saturated heterocycles. The van der Waals surface area contributed by atoms with Crippen LogP contribution in [0.5, 0.6) is 0 Å². The Labute approximate surface area is 211 Å². The zero-order valence-electron chi connectivity index (χ0n) is 21.2. The van der Waals surface area contributed by atoms with Crippen molar-refractivity contribution < 1.29 is 4.79 Å². The van der Waals surface area contributed by atoms with E-state index in [0.717, 1.165) is 47.4 Å². The number of likely N-dealkylation sites (N-methyl/N-ethyl adjacent to an activating group) is 2. The number of fused-ring (bicyclic) bond motifs is 2. The average molecular weight is 486 g/mol. The molecule has 6 rings (SSSR count). The SMILES string of the molecule is CN(CC1CCCN1C)c1cc(-c2ccc3c(c2)ncn3C2CCCCC2)c2nc[nH]c2c1C(N)=O. The van der Waals surface area contributed by atoms with Crippen LogP contribution < -0.4 is 10.6 Å². The fourth-order valence-electron chi connectivity index (χ4n) is 6.34. The Bertz CT molecular complexity index is 1410. The Balaban J connectivity index is 1.43. The van der Waals surface area contributed by atoms with Gasteiger partial charge in [-0.3, -0.25) is 4.79 Å². The second-order valence-corrected chi connectivity index (χ2v) is 10.6. The van der Waals surface area contributed by atoms with Gasteiger partial charge in [0.05, 0.1) is 46.0 Å². The number of aromatic nitrogens is 4. The Morgan fingerprint density at radius 3 is 2.72 bits per heavy atom. The van der Waals surface area contributed by atoms with Crippen molar-refractivity contribution in [1.82, 2.24) is 24.4 Å². The molecule has 8 nitrogen and oxygen atoms in total. The number of primary amides is 1. The van der Waals surface area contributed by atoms with Crippen molar-refractivity contribution in [2.75, 3.05) is 32.1 Å². The molecule has 36 heavy (non-hydrogen) atoms. The molecule has 1 aliphatic carbocycles. The number of benzene rings is 2. The van der Waals surface area contributed by atoms with Gasteiger partial charge in [0.25, 0.3) is 5.91 Å². The standard InChI is InChI=1S/C28H35N7O/c1-33-12-6-9-20(33)15-34(2)24-14-21(26-27(31-16-30-26)25(24)28(29)36)18-10-11-23-22(13-18)32-17-35(23)19-7-4-3-5-8-19/h10-11,13-14,16-17,19-20H,3-9,12,15H2,1-2H3,(H2,29,36)(H,30,31). The maximum Gasteiger partial charge on any atom is 0.253 e. The van der Waals surface area contributed by atoms with Crippen molar-refractivity contribution >= 4 is 33.7 Å². The zero-order chi connectivity index (χ0) is 24.8. The van der Waals surface area contributed by atoms with Gasteiger partial charge < -0.3 is 25.1 Å². The Hall–Kier alpha value is -3.39. The van der Waals surface area contributed by atoms with E-state index in [1.54, 1.807) is 6.33 Å². The Morgan fingerprint density at radius 2 is 1.97 bits per heavy atom. The molecule has 3 heterocycles. The Kier molecular flexibility index (Phi) is 5.91. The number of rotatable bonds is 6. The summed E-state index contributed by atoms with van der Waals surface area (Å²) >= 11 is 0. The average Bonchev–Trinajstić information content (AvgIpc) is 3.63. The van der Waals surface area contributed by atoms with E-state index in [9.17, 15) is 4.79 Å². The number of anilines is 1. The number of nitrogens with two attached hydrogens (primary N) is 1. The van der Waals surface area contributed by atoms with Gasteiger partial charge >= 0.3 is 0 Å². The van der Waals surface area contributed by atoms with E-state index in [1.807, 2.05) is 6.33 Å². The van der Waals surface area contributed by atoms with Gasteiger partial charge in [0.15, 0.2) is 0 Å². The zero-order valence-corrected chi connectivity index (χ0v) is 21.2. The van der Waals surface area contributed by atoms with Crippen molar-refractivity contribution in [3.8, 4) is 11.1 Å². The van der Waals surface area contributed by atoms with Crippen molar-refractivity contribution in [2.24, 2.45) is 5.73 Å². The lowest BCUT2D eigenvalue weighted by atomic mass is 9.95. The van der Waals surface area contributed by atoms with E-state index < -0.39 is 5.91 Å². The summed E-state index contributed by atoms with van der Waals surface area (Å²) in [6, 6.07) is 9.57. The molecule has 1 atom stereocenters. The summed E-state index contributed by atoms with van der Waals surface area (Å²) in [6.45, 7) is 1.94. The molecule has 1 unspecified atom stereocenters. The number of hydrogen-bond acceptors (Lipinski definition) is 5. The molecular weight excluding hydrogens is 450 g/mol. The maximum atomic E-state index is 12.6. The molecule has 0 bridgehead atoms. The van der Waals surface area contributed by atoms with Gasteiger partial charge in [-0.2, -0.15) is 0 Å². The first-order valence-corrected chi connectivity index (χ1v) is 13.2. The maximum absolute atomic E-state index is 12.6. The van der Waals surface area contributed by atoms with Crippen LogP contribution in [0.1, 0.15) is 61.3 Å². The van der Waals surface area contributed by atoms with E-state index in [4.69, 9.17) is 10.7 Å². The first-order valence-electron chi connectivity index (χ1n) is 13.2. The fraction of sp³-hybridized carbons (Fsp3) is 0.464. The molecule has 2 aromatic carbocycles. The number of amides is 1. The molecule has 1 amide bonds. The van der Waals surface area contributed by atoms with E-state index in [0.29, 0.717) is 23.2 Å². The van der Waals surface area contributed by atoms with Crippen LogP contribution in [0.3, 0.4) is 0 Å². The molecular formula is C28H35N7O. The van der Waals surface area contributed by atoms with Crippen LogP contribution in [0.2, 0.25) is 0 Å². The smallest absolute Gasteiger partial charge is 0.253 e. The topological polar surface area (TPSA) is 96.1 Å². The molecule has 1 aliphatic heterocycles. The van der Waals surface area contributed by atoms with Crippen molar-refractivity contribution in [1.29, 1.82) is 0 Å². The van der Waals surface area contributed by atoms with Crippen LogP contribution in [0.15, 0.2) is 36.9 Å². The molecule has 0 spiro atoms. The third kappa shape index (κ3) is 3.93. The van der Waals surface area contributed by atoms with Crippen LogP contribution >= 0.6 is 0 Å². The lowest BCUT2D eigenvalue weighted by molar-refractivity contribution is 0.100. The van der Waals surface area contributed by atoms with Crippen LogP contribution in [0.25, 0.3) is 33.2 Å². The van der Waals surface area contributed by atoms with Crippen molar-refractivity contribution in [2.45, 2.75) is 57.0 Å². The highest BCUT2D eigenvalue weighted by Gasteiger charge is 2.26. The van der Waals surface area contributed by atoms with E-state index >= 15 is 0 Å². The first-order chi connectivity index (χ1) is 17.5. The molecule has 4 aromatic rings. The Morgan fingerprint density at radius 1 is 1.14 bits per heavy atom. The number of likely N-dealkylation sites (tertiary alicyclic amines) is 1. The van der Waals surface area contributed by atoms with E-state index in [1.165, 1.54) is 44.0 Å². The molecule has 2 aromatic heterocycles. The monoisotopic (exact) mass is 485 g/mol. The minimum absolute atomic E-state index is 0.445. The summed E-state index contributed by atoms with van der Waals surface area (Å²) in [6.07, 6.45) is 12.4. The summed E-state index contributed by atoms with van der Waals surface area (Å²) in [5, 5.41) is 0. The predicted molar refractivity (Wildman–Crippen MR) is 144 cm³/mol. The fourth-order valence-corrected chi connectivity index (χ4v) is 6.34. The van der Waals surface area contributed by atoms with Gasteiger partial charge in [0.1, 0.15) is 0 Å². The molecule has 3 N–H and O–H groups in total. The molecule has 8 heteroatoms. The number of imidazole rings is 2. The summed E-state index contributed by atoms with van der Waals surface area (Å²) in [7, 11) is 4.22. The van der Waals surface area contributed by atoms with E-state index in [2.05, 4.69) is 62.7 Å². The molecule has 188 valence electrons. The highest BCUT2D eigenvalue weighted by Crippen LogP contribution is 2.38. The number of hydrogen-bond donors (Lipinski definition) is 2. The third-order valence-corrected chi connectivity index (χ3v) is 8.35. The third-order valence-electron chi connectivity index (χ3n) is 8.35. The number of aromatic amines is 1. The van der Waals surface area contributed by atoms with Gasteiger partial charge in [-0.1, -0.05) is 25.3 Å².